The Balaban J connectivity index is 1.47. The smallest absolute Gasteiger partial charge is 0.138 e. The molecule has 0 aliphatic heterocycles. The molecular formula is C22H12Cl2N4S2. The highest BCUT2D eigenvalue weighted by atomic mass is 35.5. The third-order valence-corrected chi connectivity index (χ3v) is 7.09. The number of hydrogen-bond donors (Lipinski definition) is 0. The third kappa shape index (κ3) is 3.75. The Morgan fingerprint density at radius 1 is 0.500 bits per heavy atom. The van der Waals surface area contributed by atoms with E-state index in [-0.39, 0.29) is 0 Å². The van der Waals surface area contributed by atoms with Gasteiger partial charge in [0.1, 0.15) is 20.0 Å². The molecular weight excluding hydrogens is 455 g/mol. The number of benzene rings is 3. The number of rotatable bonds is 4. The van der Waals surface area contributed by atoms with Gasteiger partial charge in [-0.05, 0) is 18.2 Å². The predicted molar refractivity (Wildman–Crippen MR) is 125 cm³/mol. The van der Waals surface area contributed by atoms with E-state index in [9.17, 15) is 0 Å². The van der Waals surface area contributed by atoms with Gasteiger partial charge in [-0.3, -0.25) is 0 Å². The van der Waals surface area contributed by atoms with E-state index in [1.54, 1.807) is 0 Å². The average molecular weight is 467 g/mol. The SMILES string of the molecule is Clc1ccccc1-c1nnc(-c2cccc(-c3nnc(-c4ccccc4Cl)s3)c2)s1. The Labute approximate surface area is 190 Å². The van der Waals surface area contributed by atoms with E-state index in [0.717, 1.165) is 42.3 Å². The molecule has 30 heavy (non-hydrogen) atoms. The van der Waals surface area contributed by atoms with Gasteiger partial charge in [-0.2, -0.15) is 0 Å². The fraction of sp³-hybridized carbons (Fsp3) is 0. The molecule has 5 aromatic rings. The second-order valence-electron chi connectivity index (χ2n) is 6.37. The predicted octanol–water partition coefficient (Wildman–Crippen LogP) is 7.36. The fourth-order valence-electron chi connectivity index (χ4n) is 2.95. The van der Waals surface area contributed by atoms with Crippen LogP contribution in [0.1, 0.15) is 0 Å². The highest BCUT2D eigenvalue weighted by Crippen LogP contribution is 2.37. The van der Waals surface area contributed by atoms with Crippen molar-refractivity contribution in [3.05, 3.63) is 82.8 Å². The lowest BCUT2D eigenvalue weighted by Gasteiger charge is -2.00. The number of halogens is 2. The molecule has 0 spiro atoms. The van der Waals surface area contributed by atoms with Gasteiger partial charge in [-0.25, -0.2) is 0 Å². The topological polar surface area (TPSA) is 51.6 Å². The van der Waals surface area contributed by atoms with Crippen molar-refractivity contribution in [3.63, 3.8) is 0 Å². The number of aromatic nitrogens is 4. The molecule has 2 aromatic heterocycles. The lowest BCUT2D eigenvalue weighted by atomic mass is 10.1. The quantitative estimate of drug-likeness (QED) is 0.277. The summed E-state index contributed by atoms with van der Waals surface area (Å²) < 4.78 is 0. The van der Waals surface area contributed by atoms with E-state index >= 15 is 0 Å². The van der Waals surface area contributed by atoms with Crippen molar-refractivity contribution in [1.29, 1.82) is 0 Å². The highest BCUT2D eigenvalue weighted by Gasteiger charge is 2.14. The third-order valence-electron chi connectivity index (χ3n) is 4.42. The van der Waals surface area contributed by atoms with Crippen LogP contribution in [0.25, 0.3) is 42.3 Å². The molecule has 8 heteroatoms. The Hall–Kier alpha value is -2.64. The standard InChI is InChI=1S/C22H12Cl2N4S2/c23-17-10-3-1-8-15(17)21-27-25-19(29-21)13-6-5-7-14(12-13)20-26-28-22(30-20)16-9-2-4-11-18(16)24/h1-12H. The van der Waals surface area contributed by atoms with Crippen molar-refractivity contribution < 1.29 is 0 Å². The molecule has 4 nitrogen and oxygen atoms in total. The minimum absolute atomic E-state index is 0.662. The molecule has 146 valence electrons. The van der Waals surface area contributed by atoms with Gasteiger partial charge in [0.2, 0.25) is 0 Å². The minimum Gasteiger partial charge on any atom is -0.138 e. The van der Waals surface area contributed by atoms with E-state index in [1.807, 2.05) is 72.8 Å². The molecule has 0 unspecified atom stereocenters. The number of nitrogens with zero attached hydrogens (tertiary/aromatic N) is 4. The summed E-state index contributed by atoms with van der Waals surface area (Å²) in [5.74, 6) is 0. The molecule has 0 aliphatic rings. The minimum atomic E-state index is 0.662. The molecule has 0 saturated carbocycles. The van der Waals surface area contributed by atoms with E-state index < -0.39 is 0 Å². The van der Waals surface area contributed by atoms with Crippen molar-refractivity contribution in [2.45, 2.75) is 0 Å². The van der Waals surface area contributed by atoms with Crippen LogP contribution in [0.15, 0.2) is 72.8 Å². The van der Waals surface area contributed by atoms with Gasteiger partial charge in [0, 0.05) is 22.3 Å². The lowest BCUT2D eigenvalue weighted by Crippen LogP contribution is -1.81. The van der Waals surface area contributed by atoms with E-state index in [2.05, 4.69) is 20.4 Å². The van der Waals surface area contributed by atoms with Crippen molar-refractivity contribution in [2.24, 2.45) is 0 Å². The molecule has 5 rings (SSSR count). The van der Waals surface area contributed by atoms with Crippen LogP contribution in [0.3, 0.4) is 0 Å². The summed E-state index contributed by atoms with van der Waals surface area (Å²) in [6, 6.07) is 23.3. The second kappa shape index (κ2) is 8.24. The zero-order valence-electron chi connectivity index (χ0n) is 15.3. The number of hydrogen-bond acceptors (Lipinski definition) is 6. The van der Waals surface area contributed by atoms with Crippen LogP contribution in [0, 0.1) is 0 Å². The Morgan fingerprint density at radius 3 is 1.40 bits per heavy atom. The van der Waals surface area contributed by atoms with Crippen molar-refractivity contribution in [2.75, 3.05) is 0 Å². The van der Waals surface area contributed by atoms with Crippen molar-refractivity contribution >= 4 is 45.9 Å². The van der Waals surface area contributed by atoms with Crippen LogP contribution >= 0.6 is 45.9 Å². The molecule has 0 N–H and O–H groups in total. The molecule has 2 heterocycles. The molecule has 0 radical (unpaired) electrons. The lowest BCUT2D eigenvalue weighted by molar-refractivity contribution is 1.10. The Morgan fingerprint density at radius 2 is 0.933 bits per heavy atom. The normalized spacial score (nSPS) is 11.0. The molecule has 0 fully saturated rings. The summed E-state index contributed by atoms with van der Waals surface area (Å²) >= 11 is 15.6. The maximum atomic E-state index is 6.30. The first-order valence-electron chi connectivity index (χ1n) is 8.96. The second-order valence-corrected chi connectivity index (χ2v) is 9.13. The summed E-state index contributed by atoms with van der Waals surface area (Å²) in [4.78, 5) is 0. The molecule has 3 aromatic carbocycles. The van der Waals surface area contributed by atoms with Gasteiger partial charge in [-0.1, -0.05) is 100 Å². The van der Waals surface area contributed by atoms with Crippen LogP contribution in [-0.4, -0.2) is 20.4 Å². The monoisotopic (exact) mass is 466 g/mol. The summed E-state index contributed by atoms with van der Waals surface area (Å²) in [7, 11) is 0. The molecule has 0 amide bonds. The van der Waals surface area contributed by atoms with Crippen molar-refractivity contribution in [3.8, 4) is 42.3 Å². The first kappa shape index (κ1) is 19.3. The molecule has 0 saturated heterocycles. The Bertz CT molecular complexity index is 1250. The van der Waals surface area contributed by atoms with Crippen LogP contribution < -0.4 is 0 Å². The summed E-state index contributed by atoms with van der Waals surface area (Å²) in [5.41, 5.74) is 3.70. The maximum Gasteiger partial charge on any atom is 0.149 e. The molecule has 0 atom stereocenters. The van der Waals surface area contributed by atoms with Gasteiger partial charge >= 0.3 is 0 Å². The van der Waals surface area contributed by atoms with Gasteiger partial charge in [0.25, 0.3) is 0 Å². The fourth-order valence-corrected chi connectivity index (χ4v) is 5.27. The van der Waals surface area contributed by atoms with Crippen LogP contribution in [0.4, 0.5) is 0 Å². The van der Waals surface area contributed by atoms with Gasteiger partial charge in [0.15, 0.2) is 0 Å². The molecule has 0 aliphatic carbocycles. The van der Waals surface area contributed by atoms with Gasteiger partial charge < -0.3 is 0 Å². The van der Waals surface area contributed by atoms with Crippen LogP contribution in [0.2, 0.25) is 10.0 Å². The van der Waals surface area contributed by atoms with Crippen LogP contribution in [0.5, 0.6) is 0 Å². The van der Waals surface area contributed by atoms with E-state index in [0.29, 0.717) is 10.0 Å². The largest absolute Gasteiger partial charge is 0.149 e. The highest BCUT2D eigenvalue weighted by molar-refractivity contribution is 7.18. The summed E-state index contributed by atoms with van der Waals surface area (Å²) in [6.45, 7) is 0. The van der Waals surface area contributed by atoms with Crippen LogP contribution in [-0.2, 0) is 0 Å². The molecule has 0 bridgehead atoms. The van der Waals surface area contributed by atoms with E-state index in [4.69, 9.17) is 23.2 Å². The summed E-state index contributed by atoms with van der Waals surface area (Å²) in [6.07, 6.45) is 0. The zero-order chi connectivity index (χ0) is 20.5. The first-order valence-corrected chi connectivity index (χ1v) is 11.4. The summed E-state index contributed by atoms with van der Waals surface area (Å²) in [5, 5.41) is 21.9. The Kier molecular flexibility index (Phi) is 5.31. The first-order chi connectivity index (χ1) is 14.7. The van der Waals surface area contributed by atoms with Gasteiger partial charge in [-0.15, -0.1) is 20.4 Å². The van der Waals surface area contributed by atoms with E-state index in [1.165, 1.54) is 22.7 Å². The average Bonchev–Trinajstić information content (AvgIpc) is 3.45. The maximum absolute atomic E-state index is 6.30. The van der Waals surface area contributed by atoms with Crippen molar-refractivity contribution in [1.82, 2.24) is 20.4 Å². The van der Waals surface area contributed by atoms with Gasteiger partial charge in [0.05, 0.1) is 10.0 Å². The zero-order valence-corrected chi connectivity index (χ0v) is 18.4.